The summed E-state index contributed by atoms with van der Waals surface area (Å²) in [4.78, 5) is 52.6. The molecule has 0 saturated carbocycles. The van der Waals surface area contributed by atoms with Crippen LogP contribution < -0.4 is 29.6 Å². The maximum Gasteiger partial charge on any atom is 1.00 e. The molecule has 0 unspecified atom stereocenters. The number of carbonyl (C=O) groups excluding carboxylic acids is 2. The molecule has 4 aromatic rings. The van der Waals surface area contributed by atoms with Gasteiger partial charge in [-0.1, -0.05) is 64.0 Å². The van der Waals surface area contributed by atoms with Crippen molar-refractivity contribution in [2.75, 3.05) is 79.9 Å². The SMILES string of the molecule is C1CCOC1.CC(C)[S-].COC(=O)CCCCCO[C@@H]1CCN(CCCCCCn2c(C)nc3nc(Cl)nc(Cl)c32)C1.COC(=O)CCCCCO[C@@H]1CCN(CCCCCCn2c(C)nc3nc(Cl)nc(S(=O)(=O)C(C)C)c32)C1.[Na+]. The maximum absolute atomic E-state index is 12.9. The number of methoxy groups -OCH3 is 2. The summed E-state index contributed by atoms with van der Waals surface area (Å²) in [5, 5.41) is 0.149. The average Bonchev–Trinajstić information content (AvgIpc) is 4.43. The summed E-state index contributed by atoms with van der Waals surface area (Å²) in [6.45, 7) is 22.5. The molecule has 0 bridgehead atoms. The van der Waals surface area contributed by atoms with Crippen LogP contribution >= 0.6 is 34.8 Å². The number of nitrogens with zero attached hydrogens (tertiary/aromatic N) is 10. The Kier molecular flexibility index (Phi) is 36.5. The third kappa shape index (κ3) is 27.1. The molecular weight excluding hydrogens is 1150 g/mol. The van der Waals surface area contributed by atoms with Crippen LogP contribution in [-0.2, 0) is 68.8 Å². The number of hydrogen-bond donors (Lipinski definition) is 0. The molecule has 3 aliphatic heterocycles. The molecule has 0 aliphatic carbocycles. The van der Waals surface area contributed by atoms with E-state index in [0.29, 0.717) is 64.6 Å². The number of hydrogen-bond acceptors (Lipinski definition) is 18. The Morgan fingerprint density at radius 2 is 1.01 bits per heavy atom. The largest absolute Gasteiger partial charge is 1.00 e. The van der Waals surface area contributed by atoms with Crippen LogP contribution in [-0.4, -0.2) is 172 Å². The summed E-state index contributed by atoms with van der Waals surface area (Å²) in [5.74, 6) is 1.32. The standard InChI is InChI=1S/C26H42ClN5O5S.C23H35Cl2N5O3.C4H8O.C3H8S.Na/c1-19(2)38(34,35)25-23-24(29-26(27)30-25)28-20(3)32(23)15-10-6-5-9-14-31-16-13-21(18-31)37-17-11-7-8-12-22(33)36-4;1-17-26-22-20(21(24)27-23(25)28-22)30(17)13-8-4-3-7-12-29-14-11-18(16-29)33-15-9-5-6-10-19(31)32-2;1-2-4-5-3-1;1-3(2)4;/h19,21H,5-18H2,1-4H3;18H,3-16H2,1-2H3;1-4H2;3-4H,1-2H3;/q;;;;+1/p-1/t21-;18-;;;/m11.../s1. The van der Waals surface area contributed by atoms with Crippen LogP contribution in [0.5, 0.6) is 0 Å². The first-order valence-electron chi connectivity index (χ1n) is 29.1. The van der Waals surface area contributed by atoms with Gasteiger partial charge in [-0.15, -0.1) is 0 Å². The minimum atomic E-state index is -3.63. The zero-order chi connectivity index (χ0) is 58.5. The van der Waals surface area contributed by atoms with Crippen molar-refractivity contribution in [2.24, 2.45) is 0 Å². The molecule has 0 radical (unpaired) electrons. The monoisotopic (exact) mass is 1240 g/mol. The molecule has 2 atom stereocenters. The van der Waals surface area contributed by atoms with Gasteiger partial charge in [0.2, 0.25) is 10.6 Å². The second kappa shape index (κ2) is 40.4. The summed E-state index contributed by atoms with van der Waals surface area (Å²) >= 11 is 22.8. The smallest absolute Gasteiger partial charge is 0.790 e. The van der Waals surface area contributed by atoms with Gasteiger partial charge < -0.3 is 55.2 Å². The van der Waals surface area contributed by atoms with Crippen LogP contribution in [0.25, 0.3) is 22.3 Å². The summed E-state index contributed by atoms with van der Waals surface area (Å²) in [6.07, 6.45) is 20.9. The quantitative estimate of drug-likeness (QED) is 0.0121. The third-order valence-corrected chi connectivity index (χ3v) is 16.7. The van der Waals surface area contributed by atoms with Crippen molar-refractivity contribution in [1.82, 2.24) is 48.8 Å². The van der Waals surface area contributed by atoms with Gasteiger partial charge >= 0.3 is 41.5 Å². The van der Waals surface area contributed by atoms with E-state index >= 15 is 0 Å². The van der Waals surface area contributed by atoms with Crippen molar-refractivity contribution >= 4 is 91.5 Å². The third-order valence-electron chi connectivity index (χ3n) is 14.1. The number of likely N-dealkylation sites (tertiary alicyclic amines) is 2. The minimum Gasteiger partial charge on any atom is -0.790 e. The number of ether oxygens (including phenoxy) is 5. The summed E-state index contributed by atoms with van der Waals surface area (Å²) in [5.41, 5.74) is 2.11. The van der Waals surface area contributed by atoms with Gasteiger partial charge in [0, 0.05) is 78.5 Å². The maximum atomic E-state index is 12.9. The van der Waals surface area contributed by atoms with Gasteiger partial charge in [-0.3, -0.25) is 9.59 Å². The molecule has 7 heterocycles. The van der Waals surface area contributed by atoms with Crippen LogP contribution in [0.1, 0.15) is 168 Å². The van der Waals surface area contributed by atoms with E-state index in [-0.39, 0.29) is 57.1 Å². The molecule has 25 heteroatoms. The molecular formula is C56H92Cl3N10NaO9S2. The Labute approximate surface area is 525 Å². The molecule has 3 fully saturated rings. The first kappa shape index (κ1) is 73.3. The van der Waals surface area contributed by atoms with Crippen molar-refractivity contribution in [2.45, 2.75) is 211 Å². The molecule has 454 valence electrons. The predicted molar refractivity (Wildman–Crippen MR) is 320 cm³/mol. The molecule has 0 amide bonds. The second-order valence-corrected chi connectivity index (χ2v) is 25.7. The van der Waals surface area contributed by atoms with Crippen molar-refractivity contribution in [1.29, 1.82) is 0 Å². The Morgan fingerprint density at radius 3 is 1.43 bits per heavy atom. The Balaban J connectivity index is 0.000000366. The zero-order valence-corrected chi connectivity index (χ0v) is 55.9. The number of aromatic nitrogens is 8. The van der Waals surface area contributed by atoms with Crippen molar-refractivity contribution in [3.8, 4) is 0 Å². The van der Waals surface area contributed by atoms with Crippen molar-refractivity contribution in [3.63, 3.8) is 0 Å². The molecule has 4 aromatic heterocycles. The molecule has 3 saturated heterocycles. The number of rotatable bonds is 30. The fourth-order valence-corrected chi connectivity index (χ4v) is 11.5. The van der Waals surface area contributed by atoms with Crippen LogP contribution in [0, 0.1) is 13.8 Å². The van der Waals surface area contributed by atoms with Crippen molar-refractivity contribution < 1.29 is 71.2 Å². The Bertz CT molecular complexity index is 2550. The van der Waals surface area contributed by atoms with Gasteiger partial charge in [0.15, 0.2) is 31.3 Å². The van der Waals surface area contributed by atoms with Gasteiger partial charge in [-0.25, -0.2) is 28.4 Å². The normalized spacial score (nSPS) is 16.5. The Morgan fingerprint density at radius 1 is 0.605 bits per heavy atom. The number of aryl methyl sites for hydroxylation is 4. The first-order chi connectivity index (χ1) is 38.3. The molecule has 7 rings (SSSR count). The van der Waals surface area contributed by atoms with Gasteiger partial charge in [0.25, 0.3) is 0 Å². The van der Waals surface area contributed by atoms with E-state index in [2.05, 4.69) is 66.4 Å². The molecule has 19 nitrogen and oxygen atoms in total. The average molecular weight is 1240 g/mol. The first-order valence-corrected chi connectivity index (χ1v) is 32.2. The topological polar surface area (TPSA) is 208 Å². The van der Waals surface area contributed by atoms with E-state index in [1.807, 2.05) is 32.3 Å². The van der Waals surface area contributed by atoms with Gasteiger partial charge in [-0.2, -0.15) is 15.2 Å². The predicted octanol–water partition coefficient (Wildman–Crippen LogP) is 7.92. The minimum absolute atomic E-state index is 0. The van der Waals surface area contributed by atoms with E-state index < -0.39 is 15.1 Å². The summed E-state index contributed by atoms with van der Waals surface area (Å²) in [7, 11) is -0.773. The number of imidazole rings is 2. The van der Waals surface area contributed by atoms with Crippen LogP contribution in [0.4, 0.5) is 0 Å². The molecule has 0 aromatic carbocycles. The molecule has 81 heavy (non-hydrogen) atoms. The van der Waals surface area contributed by atoms with Gasteiger partial charge in [0.05, 0.1) is 31.7 Å². The van der Waals surface area contributed by atoms with Crippen LogP contribution in [0.15, 0.2) is 5.03 Å². The zero-order valence-electron chi connectivity index (χ0n) is 50.0. The van der Waals surface area contributed by atoms with E-state index in [9.17, 15) is 18.0 Å². The Hall–Kier alpha value is -1.99. The number of esters is 2. The van der Waals surface area contributed by atoms with Crippen molar-refractivity contribution in [3.05, 3.63) is 27.4 Å². The molecule has 0 spiro atoms. The van der Waals surface area contributed by atoms with Crippen LogP contribution in [0.2, 0.25) is 15.7 Å². The number of carbonyl (C=O) groups is 2. The fourth-order valence-electron chi connectivity index (χ4n) is 9.63. The number of fused-ring (bicyclic) bond motifs is 2. The van der Waals surface area contributed by atoms with E-state index in [0.717, 1.165) is 173 Å². The van der Waals surface area contributed by atoms with Crippen LogP contribution in [0.3, 0.4) is 0 Å². The molecule has 3 aliphatic rings. The summed E-state index contributed by atoms with van der Waals surface area (Å²) in [6, 6.07) is 0. The molecule has 0 N–H and O–H groups in total. The number of unbranched alkanes of at least 4 members (excludes halogenated alkanes) is 10. The summed E-state index contributed by atoms with van der Waals surface area (Å²) < 4.78 is 56.2. The number of sulfone groups is 1. The second-order valence-electron chi connectivity index (χ2n) is 21.3. The van der Waals surface area contributed by atoms with E-state index in [1.165, 1.54) is 39.9 Å². The fraction of sp³-hybridized carbons (Fsp3) is 0.786. The van der Waals surface area contributed by atoms with E-state index in [4.69, 9.17) is 49.0 Å². The number of halogens is 3. The van der Waals surface area contributed by atoms with E-state index in [1.54, 1.807) is 13.8 Å². The van der Waals surface area contributed by atoms with Gasteiger partial charge in [-0.05, 0) is 141 Å². The van der Waals surface area contributed by atoms with Gasteiger partial charge in [0.1, 0.15) is 22.7 Å².